The average molecular weight is 647 g/mol. The second kappa shape index (κ2) is 12.8. The number of nitrogens with two attached hydrogens (primary N) is 1. The molecule has 13 nitrogen and oxygen atoms in total. The third-order valence-electron chi connectivity index (χ3n) is 7.91. The van der Waals surface area contributed by atoms with Crippen molar-refractivity contribution in [3.63, 3.8) is 0 Å². The van der Waals surface area contributed by atoms with Crippen LogP contribution in [0.3, 0.4) is 0 Å². The number of carbonyl (C=O) groups is 3. The van der Waals surface area contributed by atoms with Crippen molar-refractivity contribution in [2.24, 2.45) is 12.8 Å². The van der Waals surface area contributed by atoms with Gasteiger partial charge in [-0.15, -0.1) is 0 Å². The molecule has 1 aliphatic heterocycles. The predicted octanol–water partition coefficient (Wildman–Crippen LogP) is 3.13. The van der Waals surface area contributed by atoms with E-state index in [1.54, 1.807) is 11.0 Å². The van der Waals surface area contributed by atoms with Gasteiger partial charge in [0.1, 0.15) is 6.54 Å². The van der Waals surface area contributed by atoms with Gasteiger partial charge in [-0.25, -0.2) is 9.78 Å². The van der Waals surface area contributed by atoms with Crippen molar-refractivity contribution < 1.29 is 27.6 Å². The number of hydrogen-bond acceptors (Lipinski definition) is 7. The fraction of sp³-hybridized carbons (Fsp3) is 0.429. The Morgan fingerprint density at radius 2 is 1.91 bits per heavy atom. The molecule has 17 heteroatoms. The highest BCUT2D eigenvalue weighted by Gasteiger charge is 2.39. The number of hydrogen-bond donors (Lipinski definition) is 4. The summed E-state index contributed by atoms with van der Waals surface area (Å²) in [5.41, 5.74) is 4.58. The lowest BCUT2D eigenvalue weighted by molar-refractivity contribution is -0.141. The topological polar surface area (TPSA) is 176 Å². The number of anilines is 1. The van der Waals surface area contributed by atoms with E-state index in [0.717, 1.165) is 29.9 Å². The van der Waals surface area contributed by atoms with Gasteiger partial charge in [-0.05, 0) is 43.9 Å². The number of rotatable bonds is 8. The van der Waals surface area contributed by atoms with Crippen LogP contribution in [0.15, 0.2) is 30.6 Å². The van der Waals surface area contributed by atoms with Crippen molar-refractivity contribution in [3.8, 4) is 17.3 Å². The lowest BCUT2D eigenvalue weighted by Gasteiger charge is -2.37. The highest BCUT2D eigenvalue weighted by atomic mass is 35.5. The SMILES string of the molecule is Cn1c(-c2cn(CC#N)nc2C(F)(F)F)cnc1C(=O)Nc1ccc(C(=O)NC2CC(NC(=O)N3CCCC3CN)C2)c(Cl)c1. The number of amides is 4. The summed E-state index contributed by atoms with van der Waals surface area (Å²) in [6, 6.07) is 5.71. The molecular formula is C28H30ClF3N10O3. The minimum Gasteiger partial charge on any atom is -0.349 e. The zero-order valence-electron chi connectivity index (χ0n) is 24.1. The normalized spacial score (nSPS) is 19.5. The smallest absolute Gasteiger partial charge is 0.349 e. The zero-order valence-corrected chi connectivity index (χ0v) is 24.8. The first-order valence-electron chi connectivity index (χ1n) is 14.1. The van der Waals surface area contributed by atoms with Gasteiger partial charge in [0.15, 0.2) is 11.5 Å². The van der Waals surface area contributed by atoms with Crippen LogP contribution in [0.1, 0.15) is 52.4 Å². The number of likely N-dealkylation sites (tertiary alicyclic amines) is 1. The third-order valence-corrected chi connectivity index (χ3v) is 8.23. The monoisotopic (exact) mass is 646 g/mol. The van der Waals surface area contributed by atoms with Gasteiger partial charge < -0.3 is 31.2 Å². The van der Waals surface area contributed by atoms with Crippen LogP contribution in [0.2, 0.25) is 5.02 Å². The van der Waals surface area contributed by atoms with Crippen LogP contribution >= 0.6 is 11.6 Å². The maximum atomic E-state index is 13.6. The summed E-state index contributed by atoms with van der Waals surface area (Å²) in [6.07, 6.45) is 0.337. The Balaban J connectivity index is 1.18. The summed E-state index contributed by atoms with van der Waals surface area (Å²) in [5.74, 6) is -1.34. The highest BCUT2D eigenvalue weighted by Crippen LogP contribution is 2.36. The fourth-order valence-electron chi connectivity index (χ4n) is 5.53. The number of nitrogens with one attached hydrogen (secondary N) is 3. The first-order valence-corrected chi connectivity index (χ1v) is 14.5. The van der Waals surface area contributed by atoms with Crippen LogP contribution in [-0.2, 0) is 19.8 Å². The molecule has 3 aromatic rings. The van der Waals surface area contributed by atoms with Crippen molar-refractivity contribution in [2.45, 2.75) is 56.5 Å². The maximum Gasteiger partial charge on any atom is 0.435 e. The molecule has 0 spiro atoms. The van der Waals surface area contributed by atoms with Gasteiger partial charge in [-0.2, -0.15) is 23.5 Å². The van der Waals surface area contributed by atoms with Crippen molar-refractivity contribution in [3.05, 3.63) is 52.7 Å². The molecule has 1 aliphatic carbocycles. The van der Waals surface area contributed by atoms with Crippen LogP contribution in [0.5, 0.6) is 0 Å². The molecular weight excluding hydrogens is 617 g/mol. The minimum atomic E-state index is -4.80. The van der Waals surface area contributed by atoms with E-state index in [9.17, 15) is 27.6 Å². The first kappa shape index (κ1) is 31.8. The van der Waals surface area contributed by atoms with Gasteiger partial charge in [-0.1, -0.05) is 11.6 Å². The number of urea groups is 1. The summed E-state index contributed by atoms with van der Waals surface area (Å²) >= 11 is 6.36. The van der Waals surface area contributed by atoms with Crippen molar-refractivity contribution in [1.82, 2.24) is 34.9 Å². The number of aromatic nitrogens is 4. The number of imidazole rings is 1. The second-order valence-electron chi connectivity index (χ2n) is 10.9. The Hall–Kier alpha value is -4.62. The van der Waals surface area contributed by atoms with Crippen LogP contribution in [0.4, 0.5) is 23.7 Å². The van der Waals surface area contributed by atoms with E-state index < -0.39 is 30.2 Å². The quantitative estimate of drug-likeness (QED) is 0.291. The van der Waals surface area contributed by atoms with Gasteiger partial charge in [0.05, 0.1) is 34.1 Å². The summed E-state index contributed by atoms with van der Waals surface area (Å²) < 4.78 is 42.8. The van der Waals surface area contributed by atoms with Crippen molar-refractivity contribution in [1.29, 1.82) is 5.26 Å². The number of alkyl halides is 3. The lowest BCUT2D eigenvalue weighted by Crippen LogP contribution is -2.57. The summed E-state index contributed by atoms with van der Waals surface area (Å²) in [5, 5.41) is 20.8. The molecule has 2 fully saturated rings. The molecule has 1 atom stereocenters. The largest absolute Gasteiger partial charge is 0.435 e. The van der Waals surface area contributed by atoms with Crippen molar-refractivity contribution >= 4 is 35.1 Å². The molecule has 1 saturated carbocycles. The minimum absolute atomic E-state index is 0.0321. The van der Waals surface area contributed by atoms with Gasteiger partial charge in [0, 0.05) is 50.1 Å². The Bertz CT molecular complexity index is 1660. The van der Waals surface area contributed by atoms with E-state index in [4.69, 9.17) is 22.6 Å². The number of halogens is 4. The summed E-state index contributed by atoms with van der Waals surface area (Å²) in [6.45, 7) is 0.711. The van der Waals surface area contributed by atoms with Crippen LogP contribution in [-0.4, -0.2) is 73.3 Å². The Morgan fingerprint density at radius 3 is 2.58 bits per heavy atom. The summed E-state index contributed by atoms with van der Waals surface area (Å²) in [7, 11) is 1.37. The molecule has 2 aliphatic rings. The number of carbonyl (C=O) groups excluding carboxylic acids is 3. The van der Waals surface area contributed by atoms with E-state index in [2.05, 4.69) is 26.0 Å². The maximum absolute atomic E-state index is 13.6. The van der Waals surface area contributed by atoms with Gasteiger partial charge >= 0.3 is 12.2 Å². The van der Waals surface area contributed by atoms with Crippen LogP contribution < -0.4 is 21.7 Å². The Labute approximate surface area is 260 Å². The summed E-state index contributed by atoms with van der Waals surface area (Å²) in [4.78, 5) is 44.1. The number of benzene rings is 1. The Morgan fingerprint density at radius 1 is 1.18 bits per heavy atom. The molecule has 1 saturated heterocycles. The zero-order chi connectivity index (χ0) is 32.5. The van der Waals surface area contributed by atoms with Gasteiger partial charge in [0.25, 0.3) is 11.8 Å². The molecule has 45 heavy (non-hydrogen) atoms. The Kier molecular flexibility index (Phi) is 9.03. The van der Waals surface area contributed by atoms with Crippen molar-refractivity contribution in [2.75, 3.05) is 18.4 Å². The van der Waals surface area contributed by atoms with E-state index in [1.165, 1.54) is 29.8 Å². The first-order chi connectivity index (χ1) is 21.4. The van der Waals surface area contributed by atoms with Crippen LogP contribution in [0, 0.1) is 11.3 Å². The lowest BCUT2D eigenvalue weighted by atomic mass is 9.86. The molecule has 3 heterocycles. The molecule has 238 valence electrons. The molecule has 1 aromatic carbocycles. The fourth-order valence-corrected chi connectivity index (χ4v) is 5.80. The van der Waals surface area contributed by atoms with E-state index in [0.29, 0.717) is 25.9 Å². The second-order valence-corrected chi connectivity index (χ2v) is 11.3. The van der Waals surface area contributed by atoms with Gasteiger partial charge in [0.2, 0.25) is 0 Å². The van der Waals surface area contributed by atoms with Crippen LogP contribution in [0.25, 0.3) is 11.3 Å². The number of nitriles is 1. The molecule has 0 radical (unpaired) electrons. The number of nitrogens with zero attached hydrogens (tertiary/aromatic N) is 6. The molecule has 4 amide bonds. The third kappa shape index (κ3) is 6.74. The molecule has 2 aromatic heterocycles. The van der Waals surface area contributed by atoms with E-state index >= 15 is 0 Å². The molecule has 5 N–H and O–H groups in total. The van der Waals surface area contributed by atoms with Gasteiger partial charge in [-0.3, -0.25) is 14.3 Å². The average Bonchev–Trinajstić information content (AvgIpc) is 3.70. The predicted molar refractivity (Wildman–Crippen MR) is 156 cm³/mol. The molecule has 5 rings (SSSR count). The highest BCUT2D eigenvalue weighted by molar-refractivity contribution is 6.34. The molecule has 1 unspecified atom stereocenters. The molecule has 0 bridgehead atoms. The standard InChI is InChI=1S/C28H30ClF3N10O3/c1-40-22(20-14-41(8-6-33)39-23(20)28(30,31)32)13-35-24(40)26(44)36-15-4-5-19(21(29)11-15)25(43)37-16-9-17(10-16)38-27(45)42-7-2-3-18(42)12-34/h4-5,11,13-14,16-18H,2-3,7-10,12,34H2,1H3,(H,36,44)(H,37,43)(H,38,45). The van der Waals surface area contributed by atoms with E-state index in [-0.39, 0.29) is 57.5 Å². The van der Waals surface area contributed by atoms with E-state index in [1.807, 2.05) is 0 Å².